The van der Waals surface area contributed by atoms with Gasteiger partial charge in [0, 0.05) is 37.5 Å². The average molecular weight is 356 g/mol. The summed E-state index contributed by atoms with van der Waals surface area (Å²) in [5, 5.41) is 8.69. The highest BCUT2D eigenvalue weighted by atomic mass is 16.2. The molecule has 0 aliphatic rings. The van der Waals surface area contributed by atoms with Gasteiger partial charge in [-0.15, -0.1) is 0 Å². The Labute approximate surface area is 153 Å². The predicted molar refractivity (Wildman–Crippen MR) is 102 cm³/mol. The summed E-state index contributed by atoms with van der Waals surface area (Å²) in [6, 6.07) is 8.82. The maximum atomic E-state index is 12.2. The third-order valence-corrected chi connectivity index (χ3v) is 3.39. The van der Waals surface area contributed by atoms with E-state index in [1.807, 2.05) is 31.1 Å². The van der Waals surface area contributed by atoms with E-state index in [-0.39, 0.29) is 11.8 Å². The average Bonchev–Trinajstić information content (AvgIpc) is 2.55. The fourth-order valence-corrected chi connectivity index (χ4v) is 2.22. The molecule has 1 aromatic carbocycles. The minimum absolute atomic E-state index is 0.123. The summed E-state index contributed by atoms with van der Waals surface area (Å²) in [6.07, 6.45) is 0. The number of rotatable bonds is 7. The van der Waals surface area contributed by atoms with Crippen molar-refractivity contribution in [3.8, 4) is 0 Å². The SMILES string of the molecule is CC(=O)Nc1ccc(Nc2cc(C(=O)NCCN(C)C)nc(C)n2)cc1. The van der Waals surface area contributed by atoms with E-state index in [9.17, 15) is 9.59 Å². The standard InChI is InChI=1S/C18H24N6O2/c1-12-20-16(18(26)19-9-10-24(3)4)11-17(21-12)23-15-7-5-14(6-8-15)22-13(2)25/h5-8,11H,9-10H2,1-4H3,(H,19,26)(H,22,25)(H,20,21,23). The lowest BCUT2D eigenvalue weighted by Crippen LogP contribution is -2.32. The number of aromatic nitrogens is 2. The van der Waals surface area contributed by atoms with Crippen LogP contribution in [-0.4, -0.2) is 53.9 Å². The molecule has 0 unspecified atom stereocenters. The van der Waals surface area contributed by atoms with Crippen molar-refractivity contribution < 1.29 is 9.59 Å². The summed E-state index contributed by atoms with van der Waals surface area (Å²) in [5.41, 5.74) is 1.81. The van der Waals surface area contributed by atoms with Crippen LogP contribution in [0.25, 0.3) is 0 Å². The molecule has 0 radical (unpaired) electrons. The first-order chi connectivity index (χ1) is 12.3. The lowest BCUT2D eigenvalue weighted by molar-refractivity contribution is -0.114. The Balaban J connectivity index is 2.06. The molecular weight excluding hydrogens is 332 g/mol. The number of carbonyl (C=O) groups excluding carboxylic acids is 2. The van der Waals surface area contributed by atoms with Crippen LogP contribution in [0.2, 0.25) is 0 Å². The van der Waals surface area contributed by atoms with Crippen LogP contribution in [0.5, 0.6) is 0 Å². The number of benzene rings is 1. The van der Waals surface area contributed by atoms with Crippen molar-refractivity contribution in [1.29, 1.82) is 0 Å². The number of hydrogen-bond acceptors (Lipinski definition) is 6. The van der Waals surface area contributed by atoms with Gasteiger partial charge in [0.1, 0.15) is 17.3 Å². The number of aryl methyl sites for hydroxylation is 1. The molecule has 138 valence electrons. The van der Waals surface area contributed by atoms with Crippen LogP contribution in [0.1, 0.15) is 23.2 Å². The molecule has 3 N–H and O–H groups in total. The molecule has 0 atom stereocenters. The predicted octanol–water partition coefficient (Wildman–Crippen LogP) is 1.78. The molecular formula is C18H24N6O2. The molecule has 8 nitrogen and oxygen atoms in total. The normalized spacial score (nSPS) is 10.5. The highest BCUT2D eigenvalue weighted by molar-refractivity contribution is 5.93. The summed E-state index contributed by atoms with van der Waals surface area (Å²) in [6.45, 7) is 4.49. The molecule has 8 heteroatoms. The second-order valence-corrected chi connectivity index (χ2v) is 6.13. The van der Waals surface area contributed by atoms with Gasteiger partial charge in [0.05, 0.1) is 0 Å². The van der Waals surface area contributed by atoms with Crippen molar-refractivity contribution in [3.05, 3.63) is 41.9 Å². The van der Waals surface area contributed by atoms with Crippen molar-refractivity contribution in [1.82, 2.24) is 20.2 Å². The largest absolute Gasteiger partial charge is 0.349 e. The number of carbonyl (C=O) groups is 2. The van der Waals surface area contributed by atoms with Gasteiger partial charge < -0.3 is 20.9 Å². The fourth-order valence-electron chi connectivity index (χ4n) is 2.22. The van der Waals surface area contributed by atoms with Gasteiger partial charge in [0.25, 0.3) is 5.91 Å². The van der Waals surface area contributed by atoms with Crippen LogP contribution in [0.4, 0.5) is 17.2 Å². The molecule has 1 aromatic heterocycles. The van der Waals surface area contributed by atoms with E-state index in [1.165, 1.54) is 6.92 Å². The molecule has 0 aliphatic carbocycles. The number of nitrogens with one attached hydrogen (secondary N) is 3. The van der Waals surface area contributed by atoms with Gasteiger partial charge in [0.15, 0.2) is 0 Å². The molecule has 0 spiro atoms. The summed E-state index contributed by atoms with van der Waals surface area (Å²) in [4.78, 5) is 33.8. The topological polar surface area (TPSA) is 99.2 Å². The number of anilines is 3. The lowest BCUT2D eigenvalue weighted by atomic mass is 10.2. The Hall–Kier alpha value is -3.00. The van der Waals surface area contributed by atoms with Crippen LogP contribution < -0.4 is 16.0 Å². The Kier molecular flexibility index (Phi) is 6.62. The van der Waals surface area contributed by atoms with E-state index in [0.29, 0.717) is 29.6 Å². The van der Waals surface area contributed by atoms with Gasteiger partial charge in [-0.25, -0.2) is 9.97 Å². The van der Waals surface area contributed by atoms with Crippen molar-refractivity contribution >= 4 is 29.0 Å². The van der Waals surface area contributed by atoms with Gasteiger partial charge >= 0.3 is 0 Å². The van der Waals surface area contributed by atoms with Crippen molar-refractivity contribution in [2.75, 3.05) is 37.8 Å². The number of hydrogen-bond donors (Lipinski definition) is 3. The van der Waals surface area contributed by atoms with E-state index in [0.717, 1.165) is 12.2 Å². The van der Waals surface area contributed by atoms with Crippen molar-refractivity contribution in [2.45, 2.75) is 13.8 Å². The Bertz CT molecular complexity index is 774. The van der Waals surface area contributed by atoms with Crippen molar-refractivity contribution in [3.63, 3.8) is 0 Å². The molecule has 0 saturated carbocycles. The zero-order chi connectivity index (χ0) is 19.1. The fraction of sp³-hybridized carbons (Fsp3) is 0.333. The highest BCUT2D eigenvalue weighted by Gasteiger charge is 2.10. The van der Waals surface area contributed by atoms with Crippen LogP contribution in [0.15, 0.2) is 30.3 Å². The number of amides is 2. The molecule has 2 rings (SSSR count). The maximum absolute atomic E-state index is 12.2. The van der Waals surface area contributed by atoms with E-state index in [2.05, 4.69) is 25.9 Å². The van der Waals surface area contributed by atoms with E-state index >= 15 is 0 Å². The zero-order valence-corrected chi connectivity index (χ0v) is 15.5. The second-order valence-electron chi connectivity index (χ2n) is 6.13. The number of likely N-dealkylation sites (N-methyl/N-ethyl adjacent to an activating group) is 1. The Morgan fingerprint density at radius 3 is 2.35 bits per heavy atom. The Morgan fingerprint density at radius 2 is 1.73 bits per heavy atom. The van der Waals surface area contributed by atoms with E-state index in [4.69, 9.17) is 0 Å². The first-order valence-corrected chi connectivity index (χ1v) is 8.27. The second kappa shape index (κ2) is 8.91. The lowest BCUT2D eigenvalue weighted by Gasteiger charge is -2.11. The zero-order valence-electron chi connectivity index (χ0n) is 15.5. The molecule has 1 heterocycles. The van der Waals surface area contributed by atoms with Crippen LogP contribution >= 0.6 is 0 Å². The maximum Gasteiger partial charge on any atom is 0.270 e. The molecule has 2 amide bonds. The van der Waals surface area contributed by atoms with Gasteiger partial charge in [-0.3, -0.25) is 9.59 Å². The first kappa shape index (κ1) is 19.3. The summed E-state index contributed by atoms with van der Waals surface area (Å²) in [7, 11) is 3.89. The highest BCUT2D eigenvalue weighted by Crippen LogP contribution is 2.18. The minimum atomic E-state index is -0.235. The van der Waals surface area contributed by atoms with Gasteiger partial charge in [-0.1, -0.05) is 0 Å². The summed E-state index contributed by atoms with van der Waals surface area (Å²) >= 11 is 0. The minimum Gasteiger partial charge on any atom is -0.349 e. The van der Waals surface area contributed by atoms with E-state index in [1.54, 1.807) is 25.1 Å². The van der Waals surface area contributed by atoms with Gasteiger partial charge in [-0.2, -0.15) is 0 Å². The van der Waals surface area contributed by atoms with Gasteiger partial charge in [-0.05, 0) is 45.3 Å². The molecule has 2 aromatic rings. The molecule has 26 heavy (non-hydrogen) atoms. The summed E-state index contributed by atoms with van der Waals surface area (Å²) in [5.74, 6) is 0.675. The Morgan fingerprint density at radius 1 is 1.08 bits per heavy atom. The third-order valence-electron chi connectivity index (χ3n) is 3.39. The third kappa shape index (κ3) is 6.14. The smallest absolute Gasteiger partial charge is 0.270 e. The van der Waals surface area contributed by atoms with Gasteiger partial charge in [0.2, 0.25) is 5.91 Å². The van der Waals surface area contributed by atoms with Crippen LogP contribution in [0.3, 0.4) is 0 Å². The first-order valence-electron chi connectivity index (χ1n) is 8.27. The van der Waals surface area contributed by atoms with Crippen LogP contribution in [0, 0.1) is 6.92 Å². The molecule has 0 fully saturated rings. The number of nitrogens with zero attached hydrogens (tertiary/aromatic N) is 3. The monoisotopic (exact) mass is 356 g/mol. The molecule has 0 saturated heterocycles. The quantitative estimate of drug-likeness (QED) is 0.699. The van der Waals surface area contributed by atoms with Crippen molar-refractivity contribution in [2.24, 2.45) is 0 Å². The molecule has 0 aliphatic heterocycles. The van der Waals surface area contributed by atoms with Crippen LogP contribution in [-0.2, 0) is 4.79 Å². The molecule has 0 bridgehead atoms. The summed E-state index contributed by atoms with van der Waals surface area (Å²) < 4.78 is 0. The van der Waals surface area contributed by atoms with E-state index < -0.39 is 0 Å².